The third-order valence-electron chi connectivity index (χ3n) is 1.50. The molecule has 0 fully saturated rings. The van der Waals surface area contributed by atoms with Gasteiger partial charge in [-0.2, -0.15) is 0 Å². The van der Waals surface area contributed by atoms with Crippen LogP contribution in [0.1, 0.15) is 6.92 Å². The topological polar surface area (TPSA) is 94.0 Å². The highest BCUT2D eigenvalue weighted by Crippen LogP contribution is 2.21. The van der Waals surface area contributed by atoms with Crippen LogP contribution in [0.25, 0.3) is 0 Å². The molecule has 0 radical (unpaired) electrons. The largest absolute Gasteiger partial charge is 0.480 e. The number of nitrogens with zero attached hydrogens (tertiary/aromatic N) is 3. The van der Waals surface area contributed by atoms with E-state index in [1.54, 1.807) is 18.5 Å². The number of aromatic nitrogens is 3. The van der Waals surface area contributed by atoms with Gasteiger partial charge >= 0.3 is 5.97 Å². The molecule has 72 valence electrons. The number of anilines is 1. The van der Waals surface area contributed by atoms with E-state index in [1.807, 2.05) is 0 Å². The van der Waals surface area contributed by atoms with Crippen LogP contribution in [0.3, 0.4) is 0 Å². The highest BCUT2D eigenvalue weighted by atomic mass is 32.2. The molecule has 1 aromatic rings. The number of carboxylic acids is 1. The maximum atomic E-state index is 10.5. The minimum absolute atomic E-state index is 0.278. The molecule has 0 aromatic carbocycles. The summed E-state index contributed by atoms with van der Waals surface area (Å²) < 4.78 is 1.55. The predicted molar refractivity (Wildman–Crippen MR) is 48.4 cm³/mol. The second-order valence-corrected chi connectivity index (χ2v) is 3.81. The monoisotopic (exact) mass is 202 g/mol. The number of aliphatic carboxylic acids is 1. The lowest BCUT2D eigenvalue weighted by Gasteiger charge is -2.04. The van der Waals surface area contributed by atoms with Gasteiger partial charge in [-0.15, -0.1) is 10.2 Å². The molecule has 13 heavy (non-hydrogen) atoms. The second-order valence-electron chi connectivity index (χ2n) is 2.50. The van der Waals surface area contributed by atoms with Crippen molar-refractivity contribution in [3.63, 3.8) is 0 Å². The SMILES string of the molecule is CC(Sc1nnc(N)n1C)C(=O)O. The average Bonchev–Trinajstić information content (AvgIpc) is 2.36. The summed E-state index contributed by atoms with van der Waals surface area (Å²) in [6.07, 6.45) is 0. The molecule has 0 bridgehead atoms. The molecule has 1 rings (SSSR count). The number of carbonyl (C=O) groups is 1. The van der Waals surface area contributed by atoms with E-state index in [0.29, 0.717) is 5.16 Å². The number of carboxylic acid groups (broad SMARTS) is 1. The number of thioether (sulfide) groups is 1. The van der Waals surface area contributed by atoms with E-state index in [0.717, 1.165) is 11.8 Å². The molecule has 0 aliphatic heterocycles. The average molecular weight is 202 g/mol. The van der Waals surface area contributed by atoms with Gasteiger partial charge in [-0.1, -0.05) is 11.8 Å². The second kappa shape index (κ2) is 3.65. The first kappa shape index (κ1) is 9.85. The molecule has 6 nitrogen and oxygen atoms in total. The summed E-state index contributed by atoms with van der Waals surface area (Å²) in [5, 5.41) is 15.9. The molecule has 1 atom stereocenters. The zero-order valence-corrected chi connectivity index (χ0v) is 8.08. The Kier molecular flexibility index (Phi) is 2.76. The van der Waals surface area contributed by atoms with Crippen LogP contribution >= 0.6 is 11.8 Å². The Labute approximate surface area is 79.1 Å². The van der Waals surface area contributed by atoms with Crippen molar-refractivity contribution in [1.82, 2.24) is 14.8 Å². The van der Waals surface area contributed by atoms with Crippen LogP contribution in [0.15, 0.2) is 5.16 Å². The fourth-order valence-corrected chi connectivity index (χ4v) is 1.39. The smallest absolute Gasteiger partial charge is 0.316 e. The van der Waals surface area contributed by atoms with Crippen LogP contribution in [0, 0.1) is 0 Å². The summed E-state index contributed by atoms with van der Waals surface area (Å²) in [6.45, 7) is 1.58. The molecule has 3 N–H and O–H groups in total. The Morgan fingerprint density at radius 2 is 2.31 bits per heavy atom. The van der Waals surface area contributed by atoms with Crippen molar-refractivity contribution in [2.45, 2.75) is 17.3 Å². The number of hydrogen-bond donors (Lipinski definition) is 2. The van der Waals surface area contributed by atoms with Crippen LogP contribution in [0.5, 0.6) is 0 Å². The van der Waals surface area contributed by atoms with Crippen molar-refractivity contribution < 1.29 is 9.90 Å². The molecule has 7 heteroatoms. The first-order valence-electron chi connectivity index (χ1n) is 3.56. The minimum Gasteiger partial charge on any atom is -0.480 e. The number of hydrogen-bond acceptors (Lipinski definition) is 5. The lowest BCUT2D eigenvalue weighted by atomic mass is 10.5. The molecular weight excluding hydrogens is 192 g/mol. The molecule has 0 spiro atoms. The molecule has 0 aliphatic rings. The van der Waals surface area contributed by atoms with Crippen molar-refractivity contribution in [2.75, 3.05) is 5.73 Å². The van der Waals surface area contributed by atoms with E-state index in [1.165, 1.54) is 0 Å². The summed E-state index contributed by atoms with van der Waals surface area (Å²) in [5.74, 6) is -0.605. The summed E-state index contributed by atoms with van der Waals surface area (Å²) in [6, 6.07) is 0. The third-order valence-corrected chi connectivity index (χ3v) is 2.62. The summed E-state index contributed by atoms with van der Waals surface area (Å²) >= 11 is 1.11. The fourth-order valence-electron chi connectivity index (χ4n) is 0.637. The molecule has 1 aromatic heterocycles. The zero-order valence-electron chi connectivity index (χ0n) is 7.26. The van der Waals surface area contributed by atoms with Gasteiger partial charge in [0.1, 0.15) is 5.25 Å². The van der Waals surface area contributed by atoms with Crippen LogP contribution in [0.4, 0.5) is 5.95 Å². The number of nitrogens with two attached hydrogens (primary N) is 1. The highest BCUT2D eigenvalue weighted by Gasteiger charge is 2.16. The lowest BCUT2D eigenvalue weighted by Crippen LogP contribution is -2.12. The van der Waals surface area contributed by atoms with Gasteiger partial charge in [0.15, 0.2) is 5.16 Å². The first-order chi connectivity index (χ1) is 6.02. The number of nitrogen functional groups attached to an aromatic ring is 1. The van der Waals surface area contributed by atoms with E-state index >= 15 is 0 Å². The van der Waals surface area contributed by atoms with Crippen molar-refractivity contribution in [2.24, 2.45) is 7.05 Å². The Morgan fingerprint density at radius 3 is 2.69 bits per heavy atom. The zero-order chi connectivity index (χ0) is 10.0. The van der Waals surface area contributed by atoms with Crippen LogP contribution in [-0.2, 0) is 11.8 Å². The van der Waals surface area contributed by atoms with Gasteiger partial charge in [0.25, 0.3) is 0 Å². The van der Waals surface area contributed by atoms with Crippen LogP contribution in [0.2, 0.25) is 0 Å². The van der Waals surface area contributed by atoms with Gasteiger partial charge in [0.05, 0.1) is 0 Å². The molecule has 0 aliphatic carbocycles. The maximum absolute atomic E-state index is 10.5. The Balaban J connectivity index is 2.74. The normalized spacial score (nSPS) is 12.8. The predicted octanol–water partition coefficient (Wildman–Crippen LogP) is -0.0375. The Bertz CT molecular complexity index is 324. The highest BCUT2D eigenvalue weighted by molar-refractivity contribution is 8.00. The van der Waals surface area contributed by atoms with Crippen LogP contribution < -0.4 is 5.73 Å². The standard InChI is InChI=1S/C6H10N4O2S/c1-3(4(11)12)13-6-9-8-5(7)10(6)2/h3H,1-2H3,(H2,7,8)(H,11,12). The van der Waals surface area contributed by atoms with E-state index in [-0.39, 0.29) is 5.95 Å². The van der Waals surface area contributed by atoms with Gasteiger partial charge in [0.2, 0.25) is 5.95 Å². The molecule has 0 saturated carbocycles. The maximum Gasteiger partial charge on any atom is 0.316 e. The van der Waals surface area contributed by atoms with E-state index < -0.39 is 11.2 Å². The molecule has 1 heterocycles. The van der Waals surface area contributed by atoms with Crippen molar-refractivity contribution in [3.8, 4) is 0 Å². The quantitative estimate of drug-likeness (QED) is 0.668. The summed E-state index contributed by atoms with van der Waals surface area (Å²) in [4.78, 5) is 10.5. The fraction of sp³-hybridized carbons (Fsp3) is 0.500. The van der Waals surface area contributed by atoms with E-state index in [4.69, 9.17) is 10.8 Å². The van der Waals surface area contributed by atoms with Gasteiger partial charge in [-0.25, -0.2) is 0 Å². The Hall–Kier alpha value is -1.24. The minimum atomic E-state index is -0.883. The van der Waals surface area contributed by atoms with Gasteiger partial charge in [0, 0.05) is 7.05 Å². The molecule has 0 saturated heterocycles. The van der Waals surface area contributed by atoms with Gasteiger partial charge in [-0.05, 0) is 6.92 Å². The van der Waals surface area contributed by atoms with Gasteiger partial charge in [-0.3, -0.25) is 9.36 Å². The number of rotatable bonds is 3. The summed E-state index contributed by atoms with van der Waals surface area (Å²) in [5.41, 5.74) is 5.42. The molecular formula is C6H10N4O2S. The Morgan fingerprint density at radius 1 is 1.69 bits per heavy atom. The molecule has 1 unspecified atom stereocenters. The van der Waals surface area contributed by atoms with Crippen molar-refractivity contribution >= 4 is 23.7 Å². The van der Waals surface area contributed by atoms with Crippen LogP contribution in [-0.4, -0.2) is 31.1 Å². The van der Waals surface area contributed by atoms with Gasteiger partial charge < -0.3 is 10.8 Å². The van der Waals surface area contributed by atoms with E-state index in [2.05, 4.69) is 10.2 Å². The lowest BCUT2D eigenvalue weighted by molar-refractivity contribution is -0.136. The molecule has 0 amide bonds. The summed E-state index contributed by atoms with van der Waals surface area (Å²) in [7, 11) is 1.69. The van der Waals surface area contributed by atoms with E-state index in [9.17, 15) is 4.79 Å². The third kappa shape index (κ3) is 2.11. The van der Waals surface area contributed by atoms with Crippen molar-refractivity contribution in [3.05, 3.63) is 0 Å². The first-order valence-corrected chi connectivity index (χ1v) is 4.44. The van der Waals surface area contributed by atoms with Crippen molar-refractivity contribution in [1.29, 1.82) is 0 Å².